The van der Waals surface area contributed by atoms with Crippen LogP contribution in [0.15, 0.2) is 54.6 Å². The van der Waals surface area contributed by atoms with Gasteiger partial charge in [0, 0.05) is 13.1 Å². The number of amides is 2. The smallest absolute Gasteiger partial charge is 0.309 e. The molecule has 0 saturated carbocycles. The first-order valence-electron chi connectivity index (χ1n) is 6.80. The Morgan fingerprint density at radius 2 is 1.38 bits per heavy atom. The molecule has 0 fully saturated rings. The van der Waals surface area contributed by atoms with Crippen LogP contribution in [0.25, 0.3) is 0 Å². The zero-order valence-corrected chi connectivity index (χ0v) is 11.9. The highest BCUT2D eigenvalue weighted by Crippen LogP contribution is 2.03. The molecule has 0 spiro atoms. The maximum atomic E-state index is 11.7. The summed E-state index contributed by atoms with van der Waals surface area (Å²) in [6.45, 7) is 2.68. The standard InChI is InChI=1S/C17H18N2O2/c1-13-6-5-9-15(10-13)12-19-17(21)16(20)18-11-14-7-3-2-4-8-14/h2-10H,11-12H2,1H3,(H,18,20)(H,19,21). The van der Waals surface area contributed by atoms with Gasteiger partial charge in [-0.05, 0) is 18.1 Å². The Bertz CT molecular complexity index is 624. The van der Waals surface area contributed by atoms with Gasteiger partial charge in [-0.15, -0.1) is 0 Å². The third-order valence-corrected chi connectivity index (χ3v) is 3.04. The minimum atomic E-state index is -0.619. The molecule has 2 amide bonds. The predicted octanol–water partition coefficient (Wildman–Crippen LogP) is 1.93. The van der Waals surface area contributed by atoms with Crippen molar-refractivity contribution in [2.75, 3.05) is 0 Å². The molecular weight excluding hydrogens is 264 g/mol. The monoisotopic (exact) mass is 282 g/mol. The van der Waals surface area contributed by atoms with Crippen LogP contribution >= 0.6 is 0 Å². The van der Waals surface area contributed by atoms with Crippen LogP contribution in [0.4, 0.5) is 0 Å². The van der Waals surface area contributed by atoms with Gasteiger partial charge in [-0.25, -0.2) is 0 Å². The summed E-state index contributed by atoms with van der Waals surface area (Å²) in [6, 6.07) is 17.3. The molecule has 108 valence electrons. The van der Waals surface area contributed by atoms with E-state index in [-0.39, 0.29) is 0 Å². The molecule has 4 heteroatoms. The Kier molecular flexibility index (Phi) is 5.10. The lowest BCUT2D eigenvalue weighted by molar-refractivity contribution is -0.139. The summed E-state index contributed by atoms with van der Waals surface area (Å²) in [5.41, 5.74) is 3.05. The van der Waals surface area contributed by atoms with E-state index in [4.69, 9.17) is 0 Å². The van der Waals surface area contributed by atoms with Gasteiger partial charge in [-0.1, -0.05) is 60.2 Å². The zero-order chi connectivity index (χ0) is 15.1. The van der Waals surface area contributed by atoms with E-state index in [1.807, 2.05) is 61.5 Å². The van der Waals surface area contributed by atoms with Gasteiger partial charge in [0.05, 0.1) is 0 Å². The van der Waals surface area contributed by atoms with Crippen LogP contribution in [0, 0.1) is 6.92 Å². The Morgan fingerprint density at radius 3 is 2.00 bits per heavy atom. The summed E-state index contributed by atoms with van der Waals surface area (Å²) >= 11 is 0. The van der Waals surface area contributed by atoms with Crippen molar-refractivity contribution >= 4 is 11.8 Å². The van der Waals surface area contributed by atoms with Crippen LogP contribution < -0.4 is 10.6 Å². The highest BCUT2D eigenvalue weighted by Gasteiger charge is 2.12. The zero-order valence-electron chi connectivity index (χ0n) is 11.9. The fourth-order valence-corrected chi connectivity index (χ4v) is 1.94. The van der Waals surface area contributed by atoms with Crippen LogP contribution in [0.2, 0.25) is 0 Å². The maximum absolute atomic E-state index is 11.7. The second-order valence-electron chi connectivity index (χ2n) is 4.84. The first-order valence-corrected chi connectivity index (χ1v) is 6.80. The van der Waals surface area contributed by atoms with Gasteiger partial charge in [0.25, 0.3) is 0 Å². The third kappa shape index (κ3) is 4.76. The fourth-order valence-electron chi connectivity index (χ4n) is 1.94. The van der Waals surface area contributed by atoms with E-state index >= 15 is 0 Å². The third-order valence-electron chi connectivity index (χ3n) is 3.04. The molecule has 2 rings (SSSR count). The number of nitrogens with one attached hydrogen (secondary N) is 2. The summed E-state index contributed by atoms with van der Waals surface area (Å²) in [6.07, 6.45) is 0. The lowest BCUT2D eigenvalue weighted by Gasteiger charge is -2.07. The van der Waals surface area contributed by atoms with Gasteiger partial charge in [0.2, 0.25) is 0 Å². The number of hydrogen-bond acceptors (Lipinski definition) is 2. The van der Waals surface area contributed by atoms with Gasteiger partial charge in [-0.2, -0.15) is 0 Å². The van der Waals surface area contributed by atoms with Crippen LogP contribution in [0.1, 0.15) is 16.7 Å². The number of hydrogen-bond donors (Lipinski definition) is 2. The molecule has 0 aliphatic rings. The van der Waals surface area contributed by atoms with E-state index in [1.165, 1.54) is 0 Å². The summed E-state index contributed by atoms with van der Waals surface area (Å²) in [4.78, 5) is 23.4. The topological polar surface area (TPSA) is 58.2 Å². The number of rotatable bonds is 4. The SMILES string of the molecule is Cc1cccc(CNC(=O)C(=O)NCc2ccccc2)c1. The Hall–Kier alpha value is -2.62. The van der Waals surface area contributed by atoms with Crippen molar-refractivity contribution in [3.63, 3.8) is 0 Å². The average Bonchev–Trinajstić information content (AvgIpc) is 2.51. The minimum Gasteiger partial charge on any atom is -0.344 e. The minimum absolute atomic E-state index is 0.345. The summed E-state index contributed by atoms with van der Waals surface area (Å²) in [5, 5.41) is 5.21. The maximum Gasteiger partial charge on any atom is 0.309 e. The van der Waals surface area contributed by atoms with Gasteiger partial charge >= 0.3 is 11.8 Å². The van der Waals surface area contributed by atoms with Crippen molar-refractivity contribution in [3.05, 3.63) is 71.3 Å². The molecule has 0 unspecified atom stereocenters. The number of carbonyl (C=O) groups is 2. The summed E-state index contributed by atoms with van der Waals surface area (Å²) < 4.78 is 0. The van der Waals surface area contributed by atoms with Gasteiger partial charge in [0.1, 0.15) is 0 Å². The van der Waals surface area contributed by atoms with E-state index in [0.717, 1.165) is 16.7 Å². The van der Waals surface area contributed by atoms with Gasteiger partial charge < -0.3 is 10.6 Å². The Balaban J connectivity index is 1.79. The molecular formula is C17H18N2O2. The van der Waals surface area contributed by atoms with Crippen molar-refractivity contribution in [1.29, 1.82) is 0 Å². The molecule has 0 aliphatic heterocycles. The molecule has 0 bridgehead atoms. The molecule has 0 aromatic heterocycles. The Labute approximate surface area is 124 Å². The highest BCUT2D eigenvalue weighted by atomic mass is 16.2. The largest absolute Gasteiger partial charge is 0.344 e. The van der Waals surface area contributed by atoms with E-state index in [9.17, 15) is 9.59 Å². The summed E-state index contributed by atoms with van der Waals surface area (Å²) in [5.74, 6) is -1.24. The highest BCUT2D eigenvalue weighted by molar-refractivity contribution is 6.35. The molecule has 2 N–H and O–H groups in total. The molecule has 4 nitrogen and oxygen atoms in total. The van der Waals surface area contributed by atoms with Gasteiger partial charge in [-0.3, -0.25) is 9.59 Å². The Morgan fingerprint density at radius 1 is 0.810 bits per heavy atom. The molecule has 0 radical (unpaired) electrons. The van der Waals surface area contributed by atoms with Gasteiger partial charge in [0.15, 0.2) is 0 Å². The van der Waals surface area contributed by atoms with Crippen LogP contribution in [0.5, 0.6) is 0 Å². The van der Waals surface area contributed by atoms with Crippen molar-refractivity contribution in [2.24, 2.45) is 0 Å². The summed E-state index contributed by atoms with van der Waals surface area (Å²) in [7, 11) is 0. The fraction of sp³-hybridized carbons (Fsp3) is 0.176. The number of aryl methyl sites for hydroxylation is 1. The lowest BCUT2D eigenvalue weighted by atomic mass is 10.1. The second kappa shape index (κ2) is 7.24. The number of benzene rings is 2. The predicted molar refractivity (Wildman–Crippen MR) is 81.3 cm³/mol. The molecule has 2 aromatic carbocycles. The molecule has 0 saturated heterocycles. The first kappa shape index (κ1) is 14.8. The van der Waals surface area contributed by atoms with Crippen molar-refractivity contribution in [1.82, 2.24) is 10.6 Å². The van der Waals surface area contributed by atoms with E-state index in [0.29, 0.717) is 13.1 Å². The van der Waals surface area contributed by atoms with E-state index in [1.54, 1.807) is 0 Å². The van der Waals surface area contributed by atoms with Crippen LogP contribution in [-0.2, 0) is 22.7 Å². The average molecular weight is 282 g/mol. The number of carbonyl (C=O) groups excluding carboxylic acids is 2. The molecule has 21 heavy (non-hydrogen) atoms. The normalized spacial score (nSPS) is 9.95. The van der Waals surface area contributed by atoms with Crippen molar-refractivity contribution < 1.29 is 9.59 Å². The first-order chi connectivity index (χ1) is 10.1. The second-order valence-corrected chi connectivity index (χ2v) is 4.84. The lowest BCUT2D eigenvalue weighted by Crippen LogP contribution is -2.39. The molecule has 0 aliphatic carbocycles. The van der Waals surface area contributed by atoms with Crippen molar-refractivity contribution in [3.8, 4) is 0 Å². The molecule has 2 aromatic rings. The van der Waals surface area contributed by atoms with Crippen LogP contribution in [0.3, 0.4) is 0 Å². The van der Waals surface area contributed by atoms with E-state index in [2.05, 4.69) is 10.6 Å². The van der Waals surface area contributed by atoms with E-state index < -0.39 is 11.8 Å². The van der Waals surface area contributed by atoms with Crippen LogP contribution in [-0.4, -0.2) is 11.8 Å². The molecule has 0 atom stereocenters. The van der Waals surface area contributed by atoms with Crippen molar-refractivity contribution in [2.45, 2.75) is 20.0 Å². The quantitative estimate of drug-likeness (QED) is 0.842. The molecule has 0 heterocycles.